The number of carbonyl (C=O) groups excluding carboxylic acids is 1. The summed E-state index contributed by atoms with van der Waals surface area (Å²) in [7, 11) is 1.36. The van der Waals surface area contributed by atoms with Gasteiger partial charge in [-0.05, 0) is 31.1 Å². The average Bonchev–Trinajstić information content (AvgIpc) is 2.86. The summed E-state index contributed by atoms with van der Waals surface area (Å²) in [6, 6.07) is -0.539. The SMILES string of the molecule is COC(=O)C(N=[N+]=N)C1CC2CCC1C2. The summed E-state index contributed by atoms with van der Waals surface area (Å²) in [5.74, 6) is 1.26. The molecule has 0 saturated heterocycles. The lowest BCUT2D eigenvalue weighted by atomic mass is 9.83. The number of ether oxygens (including phenoxy) is 1. The zero-order valence-corrected chi connectivity index (χ0v) is 8.85. The van der Waals surface area contributed by atoms with Crippen LogP contribution in [0, 0.1) is 23.3 Å². The van der Waals surface area contributed by atoms with Crippen molar-refractivity contribution in [2.24, 2.45) is 22.9 Å². The molecule has 2 aliphatic rings. The first-order valence-electron chi connectivity index (χ1n) is 5.40. The Bertz CT molecular complexity index is 312. The van der Waals surface area contributed by atoms with Crippen molar-refractivity contribution in [3.63, 3.8) is 0 Å². The number of hydrogen-bond donors (Lipinski definition) is 1. The summed E-state index contributed by atoms with van der Waals surface area (Å²) in [5, 5.41) is 3.71. The third-order valence-electron chi connectivity index (χ3n) is 3.82. The number of fused-ring (bicyclic) bond motifs is 2. The molecule has 4 unspecified atom stereocenters. The molecule has 2 saturated carbocycles. The minimum Gasteiger partial charge on any atom is -0.467 e. The van der Waals surface area contributed by atoms with Crippen molar-refractivity contribution in [3.05, 3.63) is 0 Å². The Morgan fingerprint density at radius 3 is 2.80 bits per heavy atom. The smallest absolute Gasteiger partial charge is 0.338 e. The molecule has 5 heteroatoms. The van der Waals surface area contributed by atoms with E-state index in [1.54, 1.807) is 0 Å². The van der Waals surface area contributed by atoms with Crippen LogP contribution in [0.2, 0.25) is 0 Å². The van der Waals surface area contributed by atoms with Crippen molar-refractivity contribution in [1.82, 2.24) is 4.91 Å². The third kappa shape index (κ3) is 1.79. The highest BCUT2D eigenvalue weighted by Crippen LogP contribution is 2.50. The summed E-state index contributed by atoms with van der Waals surface area (Å²) in [5.41, 5.74) is 6.75. The van der Waals surface area contributed by atoms with Gasteiger partial charge in [0.2, 0.25) is 11.0 Å². The van der Waals surface area contributed by atoms with Crippen LogP contribution in [0.3, 0.4) is 0 Å². The fraction of sp³-hybridized carbons (Fsp3) is 0.900. The molecule has 0 aromatic rings. The Morgan fingerprint density at radius 1 is 1.53 bits per heavy atom. The fourth-order valence-corrected chi connectivity index (χ4v) is 3.17. The predicted octanol–water partition coefficient (Wildman–Crippen LogP) is 1.51. The Balaban J connectivity index is 2.11. The van der Waals surface area contributed by atoms with E-state index in [2.05, 4.69) is 10.0 Å². The summed E-state index contributed by atoms with van der Waals surface area (Å²) < 4.78 is 4.71. The van der Waals surface area contributed by atoms with Gasteiger partial charge in [-0.1, -0.05) is 6.42 Å². The van der Waals surface area contributed by atoms with E-state index >= 15 is 0 Å². The number of nitrogens with zero attached hydrogens (tertiary/aromatic N) is 2. The lowest BCUT2D eigenvalue weighted by Crippen LogP contribution is -2.32. The van der Waals surface area contributed by atoms with Gasteiger partial charge in [-0.2, -0.15) is 0 Å². The van der Waals surface area contributed by atoms with E-state index in [1.807, 2.05) is 0 Å². The van der Waals surface area contributed by atoms with Crippen LogP contribution in [0.1, 0.15) is 25.7 Å². The molecule has 0 heterocycles. The number of esters is 1. The molecule has 15 heavy (non-hydrogen) atoms. The minimum atomic E-state index is -0.539. The summed E-state index contributed by atoms with van der Waals surface area (Å²) in [6.07, 6.45) is 4.73. The van der Waals surface area contributed by atoms with Crippen LogP contribution < -0.4 is 4.91 Å². The lowest BCUT2D eigenvalue weighted by Gasteiger charge is -2.22. The van der Waals surface area contributed by atoms with Gasteiger partial charge in [0.25, 0.3) is 0 Å². The second-order valence-electron chi connectivity index (χ2n) is 4.52. The van der Waals surface area contributed by atoms with Gasteiger partial charge in [0.1, 0.15) is 10.6 Å². The molecule has 5 nitrogen and oxygen atoms in total. The van der Waals surface area contributed by atoms with Crippen LogP contribution >= 0.6 is 0 Å². The van der Waals surface area contributed by atoms with Gasteiger partial charge >= 0.3 is 5.97 Å². The highest BCUT2D eigenvalue weighted by molar-refractivity contribution is 5.76. The number of rotatable bonds is 3. The van der Waals surface area contributed by atoms with Crippen molar-refractivity contribution < 1.29 is 9.53 Å². The van der Waals surface area contributed by atoms with Crippen LogP contribution in [0.15, 0.2) is 5.11 Å². The van der Waals surface area contributed by atoms with E-state index in [1.165, 1.54) is 26.4 Å². The molecule has 2 bridgehead atoms. The van der Waals surface area contributed by atoms with Crippen molar-refractivity contribution in [2.75, 3.05) is 7.11 Å². The molecule has 0 aromatic heterocycles. The number of methoxy groups -OCH3 is 1. The van der Waals surface area contributed by atoms with Gasteiger partial charge in [0, 0.05) is 5.92 Å². The summed E-state index contributed by atoms with van der Waals surface area (Å²) in [4.78, 5) is 14.5. The van der Waals surface area contributed by atoms with Gasteiger partial charge in [0.05, 0.1) is 7.11 Å². The van der Waals surface area contributed by atoms with E-state index in [4.69, 9.17) is 10.3 Å². The Labute approximate surface area is 88.4 Å². The molecule has 0 aliphatic heterocycles. The van der Waals surface area contributed by atoms with E-state index in [9.17, 15) is 4.79 Å². The Hall–Kier alpha value is -1.22. The average molecular weight is 210 g/mol. The molecular formula is C10H16N3O2+. The van der Waals surface area contributed by atoms with Gasteiger partial charge in [0.15, 0.2) is 0 Å². The second kappa shape index (κ2) is 4.11. The number of hydrogen-bond acceptors (Lipinski definition) is 4. The van der Waals surface area contributed by atoms with Crippen LogP contribution in [0.25, 0.3) is 0 Å². The predicted molar refractivity (Wildman–Crippen MR) is 52.0 cm³/mol. The van der Waals surface area contributed by atoms with Crippen molar-refractivity contribution in [2.45, 2.75) is 31.7 Å². The van der Waals surface area contributed by atoms with Crippen molar-refractivity contribution >= 4 is 5.97 Å². The molecule has 0 radical (unpaired) electrons. The number of nitrogens with one attached hydrogen (secondary N) is 1. The molecule has 1 N–H and O–H groups in total. The highest BCUT2D eigenvalue weighted by atomic mass is 16.5. The summed E-state index contributed by atoms with van der Waals surface area (Å²) in [6.45, 7) is 0. The zero-order valence-electron chi connectivity index (χ0n) is 8.85. The van der Waals surface area contributed by atoms with E-state index in [0.717, 1.165) is 12.3 Å². The maximum absolute atomic E-state index is 11.5. The molecule has 4 atom stereocenters. The lowest BCUT2D eigenvalue weighted by molar-refractivity contribution is -0.144. The second-order valence-corrected chi connectivity index (χ2v) is 4.52. The molecule has 2 rings (SSSR count). The monoisotopic (exact) mass is 210 g/mol. The molecule has 0 spiro atoms. The fourth-order valence-electron chi connectivity index (χ4n) is 3.17. The Morgan fingerprint density at radius 2 is 2.33 bits per heavy atom. The van der Waals surface area contributed by atoms with E-state index in [0.29, 0.717) is 5.92 Å². The first-order valence-corrected chi connectivity index (χ1v) is 5.40. The first kappa shape index (κ1) is 10.3. The molecular weight excluding hydrogens is 194 g/mol. The third-order valence-corrected chi connectivity index (χ3v) is 3.82. The van der Waals surface area contributed by atoms with E-state index in [-0.39, 0.29) is 11.9 Å². The molecule has 0 amide bonds. The molecule has 2 aliphatic carbocycles. The van der Waals surface area contributed by atoms with Gasteiger partial charge in [-0.3, -0.25) is 0 Å². The molecule has 2 fully saturated rings. The van der Waals surface area contributed by atoms with Crippen LogP contribution in [-0.4, -0.2) is 19.1 Å². The van der Waals surface area contributed by atoms with Gasteiger partial charge in [-0.15, -0.1) is 0 Å². The van der Waals surface area contributed by atoms with Crippen molar-refractivity contribution in [3.8, 4) is 0 Å². The quantitative estimate of drug-likeness (QED) is 0.435. The summed E-state index contributed by atoms with van der Waals surface area (Å²) >= 11 is 0. The molecule has 0 aromatic carbocycles. The standard InChI is InChI=1S/C10H16N3O2/c1-15-10(14)9(12-13-11)8-5-6-2-3-7(8)4-6/h6-9,11H,2-5H2,1H3/q+1. The van der Waals surface area contributed by atoms with Crippen LogP contribution in [0.5, 0.6) is 0 Å². The van der Waals surface area contributed by atoms with E-state index < -0.39 is 6.04 Å². The maximum Gasteiger partial charge on any atom is 0.338 e. The largest absolute Gasteiger partial charge is 0.467 e. The first-order chi connectivity index (χ1) is 7.26. The van der Waals surface area contributed by atoms with Crippen LogP contribution in [-0.2, 0) is 9.53 Å². The maximum atomic E-state index is 11.5. The zero-order chi connectivity index (χ0) is 10.8. The topological polar surface area (TPSA) is 76.6 Å². The van der Waals surface area contributed by atoms with Crippen molar-refractivity contribution in [1.29, 1.82) is 5.53 Å². The van der Waals surface area contributed by atoms with Gasteiger partial charge in [-0.25, -0.2) is 4.79 Å². The van der Waals surface area contributed by atoms with Gasteiger partial charge < -0.3 is 4.74 Å². The molecule has 82 valence electrons. The van der Waals surface area contributed by atoms with Crippen LogP contribution in [0.4, 0.5) is 0 Å². The number of carbonyl (C=O) groups is 1. The highest BCUT2D eigenvalue weighted by Gasteiger charge is 2.48. The minimum absolute atomic E-state index is 0.255. The normalized spacial score (nSPS) is 34.6. The Kier molecular flexibility index (Phi) is 2.82.